The monoisotopic (exact) mass is 488 g/mol. The number of nitrogens with one attached hydrogen (secondary N) is 1. The van der Waals surface area contributed by atoms with Gasteiger partial charge < -0.3 is 9.84 Å². The largest absolute Gasteiger partial charge is 0.339 e. The Hall–Kier alpha value is -2.75. The second-order valence-corrected chi connectivity index (χ2v) is 10.6. The van der Waals surface area contributed by atoms with Crippen LogP contribution in [0.3, 0.4) is 0 Å². The standard InChI is InChI=1S/C23H25ClN4O4S/c1-14-6-9-20(15(2)11-14)26-23(29)18-5-4-10-28(13-18)33(30,31)21-12-17(7-8-19(21)24)22-25-16(3)32-27-22/h6-9,11-12,18H,4-5,10,13H2,1-3H3,(H,26,29). The topological polar surface area (TPSA) is 105 Å². The molecule has 1 saturated heterocycles. The Morgan fingerprint density at radius 2 is 1.97 bits per heavy atom. The molecule has 3 aromatic rings. The van der Waals surface area contributed by atoms with E-state index in [2.05, 4.69) is 15.5 Å². The number of benzene rings is 2. The minimum atomic E-state index is -3.93. The van der Waals surface area contributed by atoms with E-state index < -0.39 is 15.9 Å². The first-order valence-electron chi connectivity index (χ1n) is 10.6. The number of aromatic nitrogens is 2. The Bertz CT molecular complexity index is 1310. The van der Waals surface area contributed by atoms with E-state index in [0.29, 0.717) is 30.8 Å². The van der Waals surface area contributed by atoms with Crippen LogP contribution >= 0.6 is 11.6 Å². The highest BCUT2D eigenvalue weighted by atomic mass is 35.5. The molecule has 33 heavy (non-hydrogen) atoms. The summed E-state index contributed by atoms with van der Waals surface area (Å²) < 4.78 is 33.2. The van der Waals surface area contributed by atoms with Crippen LogP contribution in [0.1, 0.15) is 29.9 Å². The highest BCUT2D eigenvalue weighted by molar-refractivity contribution is 7.89. The number of sulfonamides is 1. The quantitative estimate of drug-likeness (QED) is 0.572. The molecule has 0 spiro atoms. The molecule has 1 aromatic heterocycles. The van der Waals surface area contributed by atoms with E-state index in [4.69, 9.17) is 16.1 Å². The Morgan fingerprint density at radius 3 is 2.67 bits per heavy atom. The summed E-state index contributed by atoms with van der Waals surface area (Å²) in [6.45, 7) is 5.97. The van der Waals surface area contributed by atoms with Gasteiger partial charge >= 0.3 is 0 Å². The lowest BCUT2D eigenvalue weighted by Crippen LogP contribution is -2.43. The lowest BCUT2D eigenvalue weighted by atomic mass is 9.98. The maximum atomic E-state index is 13.5. The highest BCUT2D eigenvalue weighted by Gasteiger charge is 2.35. The number of aryl methyl sites for hydroxylation is 3. The SMILES string of the molecule is Cc1ccc(NC(=O)C2CCCN(S(=O)(=O)c3cc(-c4noc(C)n4)ccc3Cl)C2)c(C)c1. The maximum absolute atomic E-state index is 13.5. The van der Waals surface area contributed by atoms with Crippen molar-refractivity contribution in [3.8, 4) is 11.4 Å². The van der Waals surface area contributed by atoms with Crippen LogP contribution in [-0.4, -0.2) is 41.9 Å². The maximum Gasteiger partial charge on any atom is 0.244 e. The first-order valence-corrected chi connectivity index (χ1v) is 12.5. The van der Waals surface area contributed by atoms with Gasteiger partial charge in [-0.25, -0.2) is 8.42 Å². The molecule has 1 unspecified atom stereocenters. The second-order valence-electron chi connectivity index (χ2n) is 8.29. The van der Waals surface area contributed by atoms with Crippen molar-refractivity contribution >= 4 is 33.2 Å². The average Bonchev–Trinajstić information content (AvgIpc) is 3.22. The predicted octanol–water partition coefficient (Wildman–Crippen LogP) is 4.35. The molecule has 2 heterocycles. The summed E-state index contributed by atoms with van der Waals surface area (Å²) >= 11 is 6.28. The van der Waals surface area contributed by atoms with Gasteiger partial charge in [-0.3, -0.25) is 4.79 Å². The van der Waals surface area contributed by atoms with Gasteiger partial charge in [0.05, 0.1) is 10.9 Å². The molecule has 1 aliphatic rings. The normalized spacial score (nSPS) is 17.2. The van der Waals surface area contributed by atoms with Crippen LogP contribution in [0.25, 0.3) is 11.4 Å². The van der Waals surface area contributed by atoms with Crippen molar-refractivity contribution in [1.29, 1.82) is 0 Å². The number of nitrogens with zero attached hydrogens (tertiary/aromatic N) is 3. The van der Waals surface area contributed by atoms with Gasteiger partial charge in [0.1, 0.15) is 4.90 Å². The predicted molar refractivity (Wildman–Crippen MR) is 126 cm³/mol. The summed E-state index contributed by atoms with van der Waals surface area (Å²) in [5.41, 5.74) is 3.28. The van der Waals surface area contributed by atoms with E-state index in [1.165, 1.54) is 16.4 Å². The molecule has 1 fully saturated rings. The zero-order valence-electron chi connectivity index (χ0n) is 18.6. The van der Waals surface area contributed by atoms with Gasteiger partial charge in [-0.1, -0.05) is 34.5 Å². The van der Waals surface area contributed by atoms with E-state index in [9.17, 15) is 13.2 Å². The summed E-state index contributed by atoms with van der Waals surface area (Å²) in [6, 6.07) is 10.4. The third-order valence-electron chi connectivity index (χ3n) is 5.73. The summed E-state index contributed by atoms with van der Waals surface area (Å²) in [5.74, 6) is 0.00283. The molecule has 8 nitrogen and oxygen atoms in total. The molecule has 2 aromatic carbocycles. The molecule has 1 amide bonds. The van der Waals surface area contributed by atoms with Crippen molar-refractivity contribution in [2.45, 2.75) is 38.5 Å². The molecule has 4 rings (SSSR count). The fourth-order valence-corrected chi connectivity index (χ4v) is 5.98. The number of hydrogen-bond acceptors (Lipinski definition) is 6. The molecule has 1 aliphatic heterocycles. The lowest BCUT2D eigenvalue weighted by molar-refractivity contribution is -0.120. The van der Waals surface area contributed by atoms with Gasteiger partial charge in [0.2, 0.25) is 27.6 Å². The Balaban J connectivity index is 1.55. The van der Waals surface area contributed by atoms with Gasteiger partial charge in [0.15, 0.2) is 0 Å². The fraction of sp³-hybridized carbons (Fsp3) is 0.348. The van der Waals surface area contributed by atoms with Crippen LogP contribution in [-0.2, 0) is 14.8 Å². The zero-order valence-corrected chi connectivity index (χ0v) is 20.2. The summed E-state index contributed by atoms with van der Waals surface area (Å²) in [4.78, 5) is 17.0. The molecule has 174 valence electrons. The molecule has 10 heteroatoms. The van der Waals surface area contributed by atoms with Crippen molar-refractivity contribution < 1.29 is 17.7 Å². The van der Waals surface area contributed by atoms with Crippen molar-refractivity contribution in [3.05, 3.63) is 58.4 Å². The Labute approximate surface area is 198 Å². The van der Waals surface area contributed by atoms with Crippen LogP contribution in [0.2, 0.25) is 5.02 Å². The minimum Gasteiger partial charge on any atom is -0.339 e. The van der Waals surface area contributed by atoms with Crippen molar-refractivity contribution in [3.63, 3.8) is 0 Å². The summed E-state index contributed by atoms with van der Waals surface area (Å²) in [5, 5.41) is 6.90. The van der Waals surface area contributed by atoms with Crippen LogP contribution in [0.5, 0.6) is 0 Å². The van der Waals surface area contributed by atoms with Gasteiger partial charge in [0.25, 0.3) is 0 Å². The smallest absolute Gasteiger partial charge is 0.244 e. The molecule has 0 bridgehead atoms. The van der Waals surface area contributed by atoms with Crippen molar-refractivity contribution in [2.75, 3.05) is 18.4 Å². The number of carbonyl (C=O) groups is 1. The van der Waals surface area contributed by atoms with Crippen molar-refractivity contribution in [1.82, 2.24) is 14.4 Å². The van der Waals surface area contributed by atoms with Gasteiger partial charge in [-0.15, -0.1) is 0 Å². The Morgan fingerprint density at radius 1 is 1.18 bits per heavy atom. The van der Waals surface area contributed by atoms with Gasteiger partial charge in [-0.2, -0.15) is 9.29 Å². The minimum absolute atomic E-state index is 0.0421. The highest BCUT2D eigenvalue weighted by Crippen LogP contribution is 2.32. The lowest BCUT2D eigenvalue weighted by Gasteiger charge is -2.31. The first-order chi connectivity index (χ1) is 15.6. The molecule has 1 N–H and O–H groups in total. The first kappa shape index (κ1) is 23.4. The summed E-state index contributed by atoms with van der Waals surface area (Å²) in [7, 11) is -3.93. The molecule has 0 radical (unpaired) electrons. The number of piperidine rings is 1. The van der Waals surface area contributed by atoms with Gasteiger partial charge in [-0.05, 0) is 56.5 Å². The van der Waals surface area contributed by atoms with E-state index >= 15 is 0 Å². The molecule has 1 atom stereocenters. The number of hydrogen-bond donors (Lipinski definition) is 1. The Kier molecular flexibility index (Phi) is 6.56. The van der Waals surface area contributed by atoms with Crippen LogP contribution in [0.15, 0.2) is 45.8 Å². The number of anilines is 1. The van der Waals surface area contributed by atoms with E-state index in [-0.39, 0.29) is 28.2 Å². The number of rotatable bonds is 5. The van der Waals surface area contributed by atoms with E-state index in [1.807, 2.05) is 32.0 Å². The third-order valence-corrected chi connectivity index (χ3v) is 8.08. The fourth-order valence-electron chi connectivity index (χ4n) is 3.96. The van der Waals surface area contributed by atoms with Crippen molar-refractivity contribution in [2.24, 2.45) is 5.92 Å². The molecule has 0 saturated carbocycles. The molecular weight excluding hydrogens is 464 g/mol. The number of carbonyl (C=O) groups excluding carboxylic acids is 1. The van der Waals surface area contributed by atoms with Crippen LogP contribution in [0, 0.1) is 26.7 Å². The third kappa shape index (κ3) is 4.95. The van der Waals surface area contributed by atoms with E-state index in [1.54, 1.807) is 13.0 Å². The van der Waals surface area contributed by atoms with E-state index in [0.717, 1.165) is 16.8 Å². The van der Waals surface area contributed by atoms with Crippen LogP contribution < -0.4 is 5.32 Å². The molecule has 0 aliphatic carbocycles. The second kappa shape index (κ2) is 9.24. The average molecular weight is 489 g/mol. The zero-order chi connectivity index (χ0) is 23.8. The number of amides is 1. The molecular formula is C23H25ClN4O4S. The van der Waals surface area contributed by atoms with Gasteiger partial charge in [0, 0.05) is 31.3 Å². The van der Waals surface area contributed by atoms with Crippen LogP contribution in [0.4, 0.5) is 5.69 Å². The summed E-state index contributed by atoms with van der Waals surface area (Å²) in [6.07, 6.45) is 1.18. The number of halogens is 1.